The Balaban J connectivity index is 1.49. The van der Waals surface area contributed by atoms with Crippen molar-refractivity contribution in [2.75, 3.05) is 13.1 Å². The van der Waals surface area contributed by atoms with E-state index in [1.165, 1.54) is 37.9 Å². The van der Waals surface area contributed by atoms with Gasteiger partial charge in [-0.1, -0.05) is 13.8 Å². The van der Waals surface area contributed by atoms with Gasteiger partial charge in [0.15, 0.2) is 0 Å². The number of hydrogen-bond acceptors (Lipinski definition) is 4. The van der Waals surface area contributed by atoms with Gasteiger partial charge in [-0.25, -0.2) is 4.98 Å². The lowest BCUT2D eigenvalue weighted by molar-refractivity contribution is 0.182. The zero-order valence-electron chi connectivity index (χ0n) is 16.4. The number of nitrogens with zero attached hydrogens (tertiary/aromatic N) is 5. The predicted molar refractivity (Wildman–Crippen MR) is 102 cm³/mol. The first-order valence-electron chi connectivity index (χ1n) is 9.98. The maximum absolute atomic E-state index is 4.57. The van der Waals surface area contributed by atoms with Gasteiger partial charge in [0.05, 0.1) is 12.7 Å². The fourth-order valence-electron chi connectivity index (χ4n) is 4.51. The van der Waals surface area contributed by atoms with Crippen LogP contribution in [0.2, 0.25) is 0 Å². The van der Waals surface area contributed by atoms with E-state index in [-0.39, 0.29) is 0 Å². The second-order valence-electron chi connectivity index (χ2n) is 8.66. The van der Waals surface area contributed by atoms with Crippen LogP contribution < -0.4 is 5.32 Å². The molecule has 0 bridgehead atoms. The maximum atomic E-state index is 4.57. The largest absolute Gasteiger partial charge is 0.337 e. The molecule has 1 saturated heterocycles. The van der Waals surface area contributed by atoms with Gasteiger partial charge in [-0.05, 0) is 43.7 Å². The monoisotopic (exact) mass is 356 g/mol. The van der Waals surface area contributed by atoms with E-state index in [4.69, 9.17) is 0 Å². The highest BCUT2D eigenvalue weighted by Gasteiger charge is 2.56. The molecular weight excluding hydrogens is 324 g/mol. The van der Waals surface area contributed by atoms with Gasteiger partial charge in [-0.2, -0.15) is 5.10 Å². The first kappa shape index (κ1) is 17.7. The summed E-state index contributed by atoms with van der Waals surface area (Å²) in [5, 5.41) is 8.08. The standard InChI is InChI=1S/C20H32N6/c1-16(2)12-26-14-17(11-23-26)13-25(15-19-22-8-9-24(19)3)18-10-20(18)4-6-21-7-5-20/h8-9,11,14,16,18,21H,4-7,10,12-13,15H2,1-3H3/t18-/m0/s1. The summed E-state index contributed by atoms with van der Waals surface area (Å²) in [6.07, 6.45) is 12.2. The molecule has 1 aliphatic carbocycles. The van der Waals surface area contributed by atoms with Crippen molar-refractivity contribution in [2.24, 2.45) is 18.4 Å². The van der Waals surface area contributed by atoms with Gasteiger partial charge in [-0.15, -0.1) is 0 Å². The number of aromatic nitrogens is 4. The molecule has 0 aromatic carbocycles. The molecule has 1 spiro atoms. The average Bonchev–Trinajstić information content (AvgIpc) is 2.92. The molecule has 1 saturated carbocycles. The van der Waals surface area contributed by atoms with E-state index in [1.54, 1.807) is 0 Å². The molecule has 0 unspecified atom stereocenters. The molecular formula is C20H32N6. The molecule has 2 fully saturated rings. The normalized spacial score (nSPS) is 21.8. The summed E-state index contributed by atoms with van der Waals surface area (Å²) in [6, 6.07) is 0.676. The van der Waals surface area contributed by atoms with Crippen LogP contribution >= 0.6 is 0 Å². The Labute approximate surface area is 156 Å². The first-order valence-corrected chi connectivity index (χ1v) is 9.98. The number of rotatable bonds is 7. The molecule has 2 aliphatic rings. The third-order valence-electron chi connectivity index (χ3n) is 6.08. The quantitative estimate of drug-likeness (QED) is 0.828. The third kappa shape index (κ3) is 3.71. The van der Waals surface area contributed by atoms with Crippen LogP contribution in [0.15, 0.2) is 24.8 Å². The van der Waals surface area contributed by atoms with Crippen molar-refractivity contribution >= 4 is 0 Å². The van der Waals surface area contributed by atoms with E-state index in [1.807, 2.05) is 18.6 Å². The van der Waals surface area contributed by atoms with E-state index < -0.39 is 0 Å². The van der Waals surface area contributed by atoms with Crippen molar-refractivity contribution in [2.45, 2.75) is 58.8 Å². The van der Waals surface area contributed by atoms with Gasteiger partial charge < -0.3 is 9.88 Å². The minimum Gasteiger partial charge on any atom is -0.337 e. The van der Waals surface area contributed by atoms with Crippen LogP contribution in [-0.2, 0) is 26.7 Å². The zero-order chi connectivity index (χ0) is 18.1. The summed E-state index contributed by atoms with van der Waals surface area (Å²) in [6.45, 7) is 9.67. The molecule has 2 aromatic rings. The van der Waals surface area contributed by atoms with E-state index in [9.17, 15) is 0 Å². The van der Waals surface area contributed by atoms with E-state index in [0.29, 0.717) is 17.4 Å². The number of piperidine rings is 1. The molecule has 6 nitrogen and oxygen atoms in total. The van der Waals surface area contributed by atoms with Crippen molar-refractivity contribution in [3.05, 3.63) is 36.2 Å². The molecule has 1 N–H and O–H groups in total. The Kier molecular flexibility index (Phi) is 4.88. The summed E-state index contributed by atoms with van der Waals surface area (Å²) in [7, 11) is 2.09. The number of nitrogens with one attached hydrogen (secondary N) is 1. The van der Waals surface area contributed by atoms with Crippen LogP contribution in [-0.4, -0.2) is 43.4 Å². The number of imidazole rings is 1. The molecule has 6 heteroatoms. The van der Waals surface area contributed by atoms with E-state index >= 15 is 0 Å². The lowest BCUT2D eigenvalue weighted by Gasteiger charge is -2.29. The topological polar surface area (TPSA) is 50.9 Å². The molecule has 3 heterocycles. The Hall–Kier alpha value is -1.66. The lowest BCUT2D eigenvalue weighted by Crippen LogP contribution is -2.36. The molecule has 0 amide bonds. The first-order chi connectivity index (χ1) is 12.6. The summed E-state index contributed by atoms with van der Waals surface area (Å²) in [5.74, 6) is 1.77. The average molecular weight is 357 g/mol. The minimum absolute atomic E-state index is 0.532. The summed E-state index contributed by atoms with van der Waals surface area (Å²) in [4.78, 5) is 7.22. The highest BCUT2D eigenvalue weighted by molar-refractivity contribution is 5.13. The van der Waals surface area contributed by atoms with Crippen molar-refractivity contribution in [1.82, 2.24) is 29.5 Å². The molecule has 4 rings (SSSR count). The minimum atomic E-state index is 0.532. The molecule has 1 aliphatic heterocycles. The maximum Gasteiger partial charge on any atom is 0.122 e. The van der Waals surface area contributed by atoms with Gasteiger partial charge in [-0.3, -0.25) is 9.58 Å². The van der Waals surface area contributed by atoms with Crippen LogP contribution in [0.5, 0.6) is 0 Å². The highest BCUT2D eigenvalue weighted by atomic mass is 15.3. The van der Waals surface area contributed by atoms with Gasteiger partial charge in [0, 0.05) is 50.3 Å². The fraction of sp³-hybridized carbons (Fsp3) is 0.700. The third-order valence-corrected chi connectivity index (χ3v) is 6.08. The van der Waals surface area contributed by atoms with Crippen LogP contribution in [0.25, 0.3) is 0 Å². The van der Waals surface area contributed by atoms with Crippen LogP contribution in [0, 0.1) is 11.3 Å². The molecule has 142 valence electrons. The molecule has 0 radical (unpaired) electrons. The van der Waals surface area contributed by atoms with Gasteiger partial charge >= 0.3 is 0 Å². The molecule has 1 atom stereocenters. The van der Waals surface area contributed by atoms with Crippen molar-refractivity contribution in [3.63, 3.8) is 0 Å². The molecule has 26 heavy (non-hydrogen) atoms. The van der Waals surface area contributed by atoms with Crippen LogP contribution in [0.3, 0.4) is 0 Å². The fourth-order valence-corrected chi connectivity index (χ4v) is 4.51. The Morgan fingerprint density at radius 3 is 2.81 bits per heavy atom. The SMILES string of the molecule is CC(C)Cn1cc(CN(Cc2nccn2C)[C@H]2CC23CCNCC3)cn1. The van der Waals surface area contributed by atoms with Crippen molar-refractivity contribution in [3.8, 4) is 0 Å². The lowest BCUT2D eigenvalue weighted by atomic mass is 9.93. The second kappa shape index (κ2) is 7.16. The predicted octanol–water partition coefficient (Wildman–Crippen LogP) is 2.42. The number of hydrogen-bond donors (Lipinski definition) is 1. The Bertz CT molecular complexity index is 724. The van der Waals surface area contributed by atoms with Gasteiger partial charge in [0.25, 0.3) is 0 Å². The van der Waals surface area contributed by atoms with E-state index in [2.05, 4.69) is 56.6 Å². The zero-order valence-corrected chi connectivity index (χ0v) is 16.4. The molecule has 2 aromatic heterocycles. The summed E-state index contributed by atoms with van der Waals surface area (Å²) >= 11 is 0. The van der Waals surface area contributed by atoms with Crippen LogP contribution in [0.1, 0.15) is 44.5 Å². The highest BCUT2D eigenvalue weighted by Crippen LogP contribution is 2.56. The second-order valence-corrected chi connectivity index (χ2v) is 8.66. The van der Waals surface area contributed by atoms with Gasteiger partial charge in [0.1, 0.15) is 5.82 Å². The van der Waals surface area contributed by atoms with E-state index in [0.717, 1.165) is 25.5 Å². The van der Waals surface area contributed by atoms with Gasteiger partial charge in [0.2, 0.25) is 0 Å². The summed E-state index contributed by atoms with van der Waals surface area (Å²) < 4.78 is 4.23. The number of aryl methyl sites for hydroxylation is 1. The summed E-state index contributed by atoms with van der Waals surface area (Å²) in [5.41, 5.74) is 1.85. The Morgan fingerprint density at radius 1 is 1.31 bits per heavy atom. The van der Waals surface area contributed by atoms with Crippen LogP contribution in [0.4, 0.5) is 0 Å². The van der Waals surface area contributed by atoms with Crippen molar-refractivity contribution in [1.29, 1.82) is 0 Å². The van der Waals surface area contributed by atoms with Crippen molar-refractivity contribution < 1.29 is 0 Å². The Morgan fingerprint density at radius 2 is 2.12 bits per heavy atom. The smallest absolute Gasteiger partial charge is 0.122 e.